The summed E-state index contributed by atoms with van der Waals surface area (Å²) in [6.45, 7) is 8.86. The number of ether oxygens (including phenoxy) is 1. The Morgan fingerprint density at radius 2 is 2.13 bits per heavy atom. The summed E-state index contributed by atoms with van der Waals surface area (Å²) in [5.74, 6) is 0.180. The average Bonchev–Trinajstić information content (AvgIpc) is 2.63. The molecule has 15 heavy (non-hydrogen) atoms. The highest BCUT2D eigenvalue weighted by Crippen LogP contribution is 2.12. The molecule has 1 amide bonds. The fourth-order valence-corrected chi connectivity index (χ4v) is 1.91. The molecule has 1 saturated heterocycles. The minimum Gasteiger partial charge on any atom is -0.377 e. The second-order valence-electron chi connectivity index (χ2n) is 3.92. The zero-order valence-corrected chi connectivity index (χ0v) is 9.95. The third-order valence-electron chi connectivity index (χ3n) is 3.01. The van der Waals surface area contributed by atoms with E-state index in [1.807, 2.05) is 25.7 Å². The highest BCUT2D eigenvalue weighted by atomic mass is 16.5. The number of likely N-dealkylation sites (N-methyl/N-ethyl adjacent to an activating group) is 1. The summed E-state index contributed by atoms with van der Waals surface area (Å²) in [6, 6.07) is 0.338. The van der Waals surface area contributed by atoms with Crippen LogP contribution in [0, 0.1) is 0 Å². The fraction of sp³-hybridized carbons (Fsp3) is 0.909. The number of carbonyl (C=O) groups is 1. The number of rotatable bonds is 5. The molecule has 2 atom stereocenters. The molecule has 4 heteroatoms. The molecule has 0 saturated carbocycles. The van der Waals surface area contributed by atoms with Crippen LogP contribution in [0.2, 0.25) is 0 Å². The molecular formula is C11H22N2O2. The zero-order chi connectivity index (χ0) is 11.3. The van der Waals surface area contributed by atoms with E-state index < -0.39 is 0 Å². The topological polar surface area (TPSA) is 41.6 Å². The van der Waals surface area contributed by atoms with Gasteiger partial charge >= 0.3 is 0 Å². The van der Waals surface area contributed by atoms with Gasteiger partial charge in [0.05, 0.1) is 12.6 Å². The lowest BCUT2D eigenvalue weighted by atomic mass is 10.1. The Morgan fingerprint density at radius 1 is 1.47 bits per heavy atom. The fourth-order valence-electron chi connectivity index (χ4n) is 1.91. The minimum atomic E-state index is 0.180. The van der Waals surface area contributed by atoms with Crippen LogP contribution in [0.3, 0.4) is 0 Å². The molecule has 0 aromatic rings. The molecule has 1 aliphatic rings. The summed E-state index contributed by atoms with van der Waals surface area (Å²) in [7, 11) is 0. The quantitative estimate of drug-likeness (QED) is 0.729. The first-order valence-corrected chi connectivity index (χ1v) is 5.81. The van der Waals surface area contributed by atoms with Crippen LogP contribution in [-0.2, 0) is 9.53 Å². The summed E-state index contributed by atoms with van der Waals surface area (Å²) in [4.78, 5) is 13.5. The Hall–Kier alpha value is -0.610. The van der Waals surface area contributed by atoms with Gasteiger partial charge in [-0.15, -0.1) is 0 Å². The van der Waals surface area contributed by atoms with Crippen LogP contribution in [0.5, 0.6) is 0 Å². The smallest absolute Gasteiger partial charge is 0.236 e. The van der Waals surface area contributed by atoms with Crippen LogP contribution in [-0.4, -0.2) is 49.2 Å². The molecule has 0 bridgehead atoms. The number of hydrogen-bond donors (Lipinski definition) is 1. The van der Waals surface area contributed by atoms with E-state index >= 15 is 0 Å². The Balaban J connectivity index is 2.26. The molecule has 1 aliphatic heterocycles. The average molecular weight is 214 g/mol. The number of carbonyl (C=O) groups excluding carboxylic acids is 1. The van der Waals surface area contributed by atoms with Crippen molar-refractivity contribution in [2.24, 2.45) is 0 Å². The molecule has 1 heterocycles. The molecule has 0 aromatic carbocycles. The van der Waals surface area contributed by atoms with E-state index in [9.17, 15) is 4.79 Å². The maximum absolute atomic E-state index is 11.7. The van der Waals surface area contributed by atoms with E-state index in [1.54, 1.807) is 0 Å². The van der Waals surface area contributed by atoms with Crippen LogP contribution in [0.4, 0.5) is 0 Å². The summed E-state index contributed by atoms with van der Waals surface area (Å²) >= 11 is 0. The Bertz CT molecular complexity index is 205. The third-order valence-corrected chi connectivity index (χ3v) is 3.01. The summed E-state index contributed by atoms with van der Waals surface area (Å²) < 4.78 is 5.42. The van der Waals surface area contributed by atoms with Crippen molar-refractivity contribution >= 4 is 5.91 Å². The van der Waals surface area contributed by atoms with Crippen molar-refractivity contribution in [1.29, 1.82) is 0 Å². The lowest BCUT2D eigenvalue weighted by Gasteiger charge is -2.21. The molecule has 0 radical (unpaired) electrons. The van der Waals surface area contributed by atoms with Gasteiger partial charge in [0.25, 0.3) is 0 Å². The van der Waals surface area contributed by atoms with E-state index in [2.05, 4.69) is 5.32 Å². The number of nitrogens with zero attached hydrogens (tertiary/aromatic N) is 1. The van der Waals surface area contributed by atoms with Crippen molar-refractivity contribution in [2.45, 2.75) is 39.3 Å². The molecule has 0 aliphatic carbocycles. The largest absolute Gasteiger partial charge is 0.377 e. The molecule has 4 nitrogen and oxygen atoms in total. The Kier molecular flexibility index (Phi) is 5.05. The third kappa shape index (κ3) is 3.47. The van der Waals surface area contributed by atoms with E-state index in [1.165, 1.54) is 0 Å². The predicted molar refractivity (Wildman–Crippen MR) is 59.7 cm³/mol. The van der Waals surface area contributed by atoms with Crippen molar-refractivity contribution in [3.8, 4) is 0 Å². The van der Waals surface area contributed by atoms with Crippen molar-refractivity contribution in [1.82, 2.24) is 10.2 Å². The van der Waals surface area contributed by atoms with Crippen LogP contribution in [0.15, 0.2) is 0 Å². The van der Waals surface area contributed by atoms with Crippen LogP contribution < -0.4 is 5.32 Å². The maximum atomic E-state index is 11.7. The van der Waals surface area contributed by atoms with Crippen LogP contribution in [0.25, 0.3) is 0 Å². The predicted octanol–water partition coefficient (Wildman–Crippen LogP) is 0.622. The van der Waals surface area contributed by atoms with Crippen molar-refractivity contribution in [3.05, 3.63) is 0 Å². The summed E-state index contributed by atoms with van der Waals surface area (Å²) in [6.07, 6.45) is 1.24. The van der Waals surface area contributed by atoms with Gasteiger partial charge in [-0.3, -0.25) is 4.79 Å². The molecule has 1 N–H and O–H groups in total. The first-order valence-electron chi connectivity index (χ1n) is 5.81. The monoisotopic (exact) mass is 214 g/mol. The lowest BCUT2D eigenvalue weighted by molar-refractivity contribution is -0.130. The molecule has 0 spiro atoms. The molecule has 1 rings (SSSR count). The highest BCUT2D eigenvalue weighted by molar-refractivity contribution is 5.78. The normalized spacial score (nSPS) is 25.5. The number of hydrogen-bond acceptors (Lipinski definition) is 3. The Labute approximate surface area is 92.0 Å². The van der Waals surface area contributed by atoms with Gasteiger partial charge in [-0.05, 0) is 27.2 Å². The molecule has 1 fully saturated rings. The number of nitrogens with one attached hydrogen (secondary N) is 1. The van der Waals surface area contributed by atoms with Crippen LogP contribution in [0.1, 0.15) is 27.2 Å². The molecular weight excluding hydrogens is 192 g/mol. The standard InChI is InChI=1S/C11H22N2O2/c1-4-13(5-2)11(14)8-12-10-6-7-15-9(10)3/h9-10,12H,4-8H2,1-3H3. The summed E-state index contributed by atoms with van der Waals surface area (Å²) in [5.41, 5.74) is 0. The highest BCUT2D eigenvalue weighted by Gasteiger charge is 2.24. The van der Waals surface area contributed by atoms with Gasteiger partial charge < -0.3 is 15.0 Å². The Morgan fingerprint density at radius 3 is 2.60 bits per heavy atom. The second-order valence-corrected chi connectivity index (χ2v) is 3.92. The van der Waals surface area contributed by atoms with Gasteiger partial charge in [0, 0.05) is 25.7 Å². The first kappa shape index (κ1) is 12.5. The molecule has 88 valence electrons. The SMILES string of the molecule is CCN(CC)C(=O)CNC1CCOC1C. The van der Waals surface area contributed by atoms with Crippen molar-refractivity contribution in [2.75, 3.05) is 26.2 Å². The molecule has 0 aromatic heterocycles. The van der Waals surface area contributed by atoms with Gasteiger partial charge in [0.15, 0.2) is 0 Å². The summed E-state index contributed by atoms with van der Waals surface area (Å²) in [5, 5.41) is 3.26. The van der Waals surface area contributed by atoms with Gasteiger partial charge in [-0.2, -0.15) is 0 Å². The van der Waals surface area contributed by atoms with Gasteiger partial charge in [-0.25, -0.2) is 0 Å². The first-order chi connectivity index (χ1) is 7.19. The minimum absolute atomic E-state index is 0.180. The maximum Gasteiger partial charge on any atom is 0.236 e. The van der Waals surface area contributed by atoms with E-state index in [0.29, 0.717) is 12.6 Å². The van der Waals surface area contributed by atoms with E-state index in [0.717, 1.165) is 26.1 Å². The van der Waals surface area contributed by atoms with Gasteiger partial charge in [0.1, 0.15) is 0 Å². The van der Waals surface area contributed by atoms with E-state index in [4.69, 9.17) is 4.74 Å². The van der Waals surface area contributed by atoms with E-state index in [-0.39, 0.29) is 12.0 Å². The van der Waals surface area contributed by atoms with Gasteiger partial charge in [0.2, 0.25) is 5.91 Å². The van der Waals surface area contributed by atoms with Crippen LogP contribution >= 0.6 is 0 Å². The molecule has 2 unspecified atom stereocenters. The second kappa shape index (κ2) is 6.08. The zero-order valence-electron chi connectivity index (χ0n) is 9.95. The number of amides is 1. The van der Waals surface area contributed by atoms with Gasteiger partial charge in [-0.1, -0.05) is 0 Å². The van der Waals surface area contributed by atoms with Crippen molar-refractivity contribution < 1.29 is 9.53 Å². The lowest BCUT2D eigenvalue weighted by Crippen LogP contribution is -2.43. The van der Waals surface area contributed by atoms with Crippen molar-refractivity contribution in [3.63, 3.8) is 0 Å².